The molecule has 0 aromatic rings. The van der Waals surface area contributed by atoms with E-state index in [0.29, 0.717) is 6.42 Å². The lowest BCUT2D eigenvalue weighted by molar-refractivity contribution is -0.146. The summed E-state index contributed by atoms with van der Waals surface area (Å²) in [7, 11) is 2.13. The number of carbonyl (C=O) groups excluding carboxylic acids is 2. The normalized spacial score (nSPS) is 32.1. The highest BCUT2D eigenvalue weighted by atomic mass is 16.2. The second-order valence-electron chi connectivity index (χ2n) is 7.45. The van der Waals surface area contributed by atoms with Crippen LogP contribution in [-0.2, 0) is 9.59 Å². The fourth-order valence-corrected chi connectivity index (χ4v) is 3.69. The first-order chi connectivity index (χ1) is 8.56. The molecule has 2 aliphatic heterocycles. The summed E-state index contributed by atoms with van der Waals surface area (Å²) >= 11 is 0. The van der Waals surface area contributed by atoms with Crippen molar-refractivity contribution in [2.75, 3.05) is 7.05 Å². The third-order valence-corrected chi connectivity index (χ3v) is 5.06. The van der Waals surface area contributed by atoms with Crippen LogP contribution < -0.4 is 0 Å². The number of imide groups is 1. The molecule has 0 N–H and O–H groups in total. The molecule has 2 heterocycles. The van der Waals surface area contributed by atoms with E-state index >= 15 is 0 Å². The quantitative estimate of drug-likeness (QED) is 0.682. The summed E-state index contributed by atoms with van der Waals surface area (Å²) in [5.74, 6) is -0.108. The molecule has 108 valence electrons. The first kappa shape index (κ1) is 14.5. The molecule has 19 heavy (non-hydrogen) atoms. The average Bonchev–Trinajstić information content (AvgIpc) is 2.49. The molecule has 2 amide bonds. The van der Waals surface area contributed by atoms with Crippen LogP contribution in [0.3, 0.4) is 0 Å². The smallest absolute Gasteiger partial charge is 0.232 e. The molecule has 0 saturated carbocycles. The van der Waals surface area contributed by atoms with Crippen LogP contribution in [0.4, 0.5) is 0 Å². The van der Waals surface area contributed by atoms with Crippen molar-refractivity contribution >= 4 is 11.8 Å². The van der Waals surface area contributed by atoms with E-state index in [1.54, 1.807) is 4.90 Å². The number of amides is 2. The third-order valence-electron chi connectivity index (χ3n) is 5.06. The first-order valence-corrected chi connectivity index (χ1v) is 7.16. The number of likely N-dealkylation sites (tertiary alicyclic amines) is 2. The Kier molecular flexibility index (Phi) is 3.28. The molecular formula is C15H26N2O2. The van der Waals surface area contributed by atoms with Gasteiger partial charge in [-0.3, -0.25) is 19.4 Å². The van der Waals surface area contributed by atoms with Gasteiger partial charge < -0.3 is 0 Å². The molecule has 2 rings (SSSR count). The van der Waals surface area contributed by atoms with E-state index in [9.17, 15) is 9.59 Å². The van der Waals surface area contributed by atoms with Crippen LogP contribution in [0.15, 0.2) is 0 Å². The Balaban J connectivity index is 2.27. The molecule has 0 spiro atoms. The van der Waals surface area contributed by atoms with Gasteiger partial charge in [0.25, 0.3) is 0 Å². The molecule has 0 bridgehead atoms. The van der Waals surface area contributed by atoms with Crippen molar-refractivity contribution in [1.29, 1.82) is 0 Å². The molecule has 0 aliphatic carbocycles. The highest BCUT2D eigenvalue weighted by Gasteiger charge is 2.49. The van der Waals surface area contributed by atoms with Crippen molar-refractivity contribution in [3.05, 3.63) is 0 Å². The minimum Gasteiger partial charge on any atom is -0.296 e. The number of hydrogen-bond acceptors (Lipinski definition) is 3. The molecule has 4 nitrogen and oxygen atoms in total. The number of piperidine rings is 1. The van der Waals surface area contributed by atoms with Crippen LogP contribution in [0, 0.1) is 5.92 Å². The van der Waals surface area contributed by atoms with Gasteiger partial charge in [0.2, 0.25) is 11.8 Å². The summed E-state index contributed by atoms with van der Waals surface area (Å²) in [5, 5.41) is 0. The van der Waals surface area contributed by atoms with Gasteiger partial charge in [0.15, 0.2) is 0 Å². The first-order valence-electron chi connectivity index (χ1n) is 7.16. The highest BCUT2D eigenvalue weighted by molar-refractivity contribution is 6.03. The van der Waals surface area contributed by atoms with Crippen molar-refractivity contribution in [3.63, 3.8) is 0 Å². The third kappa shape index (κ3) is 2.31. The van der Waals surface area contributed by atoms with Crippen LogP contribution in [0.2, 0.25) is 0 Å². The summed E-state index contributed by atoms with van der Waals surface area (Å²) in [4.78, 5) is 28.2. The van der Waals surface area contributed by atoms with Gasteiger partial charge in [-0.2, -0.15) is 0 Å². The molecular weight excluding hydrogens is 240 g/mol. The van der Waals surface area contributed by atoms with Crippen molar-refractivity contribution in [2.24, 2.45) is 5.92 Å². The molecule has 2 saturated heterocycles. The maximum atomic E-state index is 12.2. The van der Waals surface area contributed by atoms with E-state index in [4.69, 9.17) is 0 Å². The van der Waals surface area contributed by atoms with Crippen LogP contribution in [0.5, 0.6) is 0 Å². The van der Waals surface area contributed by atoms with E-state index in [1.165, 1.54) is 0 Å². The number of rotatable bonds is 1. The zero-order valence-corrected chi connectivity index (χ0v) is 13.0. The predicted molar refractivity (Wildman–Crippen MR) is 74.6 cm³/mol. The Labute approximate surface area is 116 Å². The van der Waals surface area contributed by atoms with Crippen LogP contribution >= 0.6 is 0 Å². The summed E-state index contributed by atoms with van der Waals surface area (Å²) in [5.41, 5.74) is -0.00237. The van der Waals surface area contributed by atoms with Gasteiger partial charge in [0.05, 0.1) is 0 Å². The Hall–Kier alpha value is -0.900. The second-order valence-corrected chi connectivity index (χ2v) is 7.45. The molecule has 4 heteroatoms. The average molecular weight is 266 g/mol. The van der Waals surface area contributed by atoms with Crippen molar-refractivity contribution < 1.29 is 9.59 Å². The molecule has 2 fully saturated rings. The van der Waals surface area contributed by atoms with Crippen LogP contribution in [-0.4, -0.2) is 45.8 Å². The van der Waals surface area contributed by atoms with Gasteiger partial charge in [0.1, 0.15) is 0 Å². The maximum Gasteiger partial charge on any atom is 0.232 e. The standard InChI is InChI=1S/C15H26N2O2/c1-10-7-12(18)17(13(10)19)11-8-14(2,3)16(6)15(4,5)9-11/h10-11H,7-9H2,1-6H3. The summed E-state index contributed by atoms with van der Waals surface area (Å²) in [6.07, 6.45) is 2.10. The molecule has 0 aromatic carbocycles. The monoisotopic (exact) mass is 266 g/mol. The highest BCUT2D eigenvalue weighted by Crippen LogP contribution is 2.40. The number of nitrogens with zero attached hydrogens (tertiary/aromatic N) is 2. The molecule has 0 radical (unpaired) electrons. The van der Waals surface area contributed by atoms with Crippen molar-refractivity contribution in [1.82, 2.24) is 9.80 Å². The Morgan fingerprint density at radius 2 is 1.53 bits per heavy atom. The number of carbonyl (C=O) groups is 2. The fourth-order valence-electron chi connectivity index (χ4n) is 3.69. The van der Waals surface area contributed by atoms with E-state index < -0.39 is 0 Å². The van der Waals surface area contributed by atoms with Crippen LogP contribution in [0.25, 0.3) is 0 Å². The topological polar surface area (TPSA) is 40.6 Å². The Bertz CT molecular complexity index is 396. The zero-order chi connectivity index (χ0) is 14.6. The molecule has 2 aliphatic rings. The van der Waals surface area contributed by atoms with E-state index in [-0.39, 0.29) is 34.9 Å². The lowest BCUT2D eigenvalue weighted by Gasteiger charge is -2.54. The van der Waals surface area contributed by atoms with E-state index in [2.05, 4.69) is 39.6 Å². The predicted octanol–water partition coefficient (Wildman–Crippen LogP) is 2.03. The summed E-state index contributed by atoms with van der Waals surface area (Å²) < 4.78 is 0. The van der Waals surface area contributed by atoms with E-state index in [0.717, 1.165) is 12.8 Å². The van der Waals surface area contributed by atoms with Gasteiger partial charge in [-0.25, -0.2) is 0 Å². The minimum atomic E-state index is -0.140. The fraction of sp³-hybridized carbons (Fsp3) is 0.867. The largest absolute Gasteiger partial charge is 0.296 e. The molecule has 1 unspecified atom stereocenters. The lowest BCUT2D eigenvalue weighted by atomic mass is 9.77. The van der Waals surface area contributed by atoms with Gasteiger partial charge in [-0.1, -0.05) is 6.92 Å². The second kappa shape index (κ2) is 4.30. The summed E-state index contributed by atoms with van der Waals surface area (Å²) in [6, 6.07) is 0.0474. The van der Waals surface area contributed by atoms with Gasteiger partial charge in [0, 0.05) is 29.5 Å². The van der Waals surface area contributed by atoms with Gasteiger partial charge in [-0.05, 0) is 47.6 Å². The van der Waals surface area contributed by atoms with Crippen LogP contribution in [0.1, 0.15) is 53.9 Å². The van der Waals surface area contributed by atoms with Crippen molar-refractivity contribution in [2.45, 2.75) is 71.0 Å². The molecule has 1 atom stereocenters. The molecule has 0 aromatic heterocycles. The summed E-state index contributed by atoms with van der Waals surface area (Å²) in [6.45, 7) is 10.6. The SMILES string of the molecule is CC1CC(=O)N(C2CC(C)(C)N(C)C(C)(C)C2)C1=O. The zero-order valence-electron chi connectivity index (χ0n) is 13.0. The van der Waals surface area contributed by atoms with Crippen molar-refractivity contribution in [3.8, 4) is 0 Å². The number of hydrogen-bond donors (Lipinski definition) is 0. The van der Waals surface area contributed by atoms with E-state index in [1.807, 2.05) is 6.92 Å². The Morgan fingerprint density at radius 3 is 1.89 bits per heavy atom. The Morgan fingerprint density at radius 1 is 1.05 bits per heavy atom. The van der Waals surface area contributed by atoms with Gasteiger partial charge in [-0.15, -0.1) is 0 Å². The van der Waals surface area contributed by atoms with Gasteiger partial charge >= 0.3 is 0 Å². The minimum absolute atomic E-state index is 0.00119. The lowest BCUT2D eigenvalue weighted by Crippen LogP contribution is -2.63. The maximum absolute atomic E-state index is 12.2.